The van der Waals surface area contributed by atoms with Crippen LogP contribution in [0.15, 0.2) is 52.9 Å². The van der Waals surface area contributed by atoms with E-state index in [0.29, 0.717) is 64.2 Å². The van der Waals surface area contributed by atoms with Gasteiger partial charge in [0.1, 0.15) is 0 Å². The smallest absolute Gasteiger partial charge is 0.262 e. The number of hydrogen-bond donors (Lipinski definition) is 1. The number of halogens is 3. The molecule has 1 heterocycles. The summed E-state index contributed by atoms with van der Waals surface area (Å²) in [6.07, 6.45) is 2.24. The van der Waals surface area contributed by atoms with E-state index < -0.39 is 11.8 Å². The van der Waals surface area contributed by atoms with Gasteiger partial charge in [0.2, 0.25) is 0 Å². The second-order valence-corrected chi connectivity index (χ2v) is 14.7. The molecule has 240 valence electrons. The normalized spacial score (nSPS) is 19.4. The average Bonchev–Trinajstić information content (AvgIpc) is 2.92. The van der Waals surface area contributed by atoms with Gasteiger partial charge in [0.05, 0.1) is 21.7 Å². The van der Waals surface area contributed by atoms with Crippen molar-refractivity contribution in [3.8, 4) is 11.5 Å². The SMILES string of the molecule is CCOc1cc(C2C3=C(CC(C)(C)CC3=O)N(CC)C3=C2C(=O)CC(C)(C)C3)cc(Cl)c1OCC(=O)Nc1ccc(Cl)c(Cl)c1. The first-order chi connectivity index (χ1) is 21.1. The molecule has 0 saturated heterocycles. The van der Waals surface area contributed by atoms with Gasteiger partial charge in [-0.05, 0) is 73.4 Å². The van der Waals surface area contributed by atoms with Crippen molar-refractivity contribution in [3.63, 3.8) is 0 Å². The van der Waals surface area contributed by atoms with Gasteiger partial charge in [0.15, 0.2) is 29.7 Å². The summed E-state index contributed by atoms with van der Waals surface area (Å²) in [5, 5.41) is 3.63. The van der Waals surface area contributed by atoms with E-state index in [4.69, 9.17) is 44.3 Å². The molecule has 1 aliphatic heterocycles. The van der Waals surface area contributed by atoms with Gasteiger partial charge >= 0.3 is 0 Å². The number of benzene rings is 2. The number of hydrogen-bond acceptors (Lipinski definition) is 6. The summed E-state index contributed by atoms with van der Waals surface area (Å²) >= 11 is 18.9. The molecular weight excluding hydrogens is 635 g/mol. The Morgan fingerprint density at radius 3 is 1.98 bits per heavy atom. The summed E-state index contributed by atoms with van der Waals surface area (Å²) in [7, 11) is 0. The van der Waals surface area contributed by atoms with Gasteiger partial charge in [-0.2, -0.15) is 0 Å². The lowest BCUT2D eigenvalue weighted by molar-refractivity contribution is -0.120. The van der Waals surface area contributed by atoms with Crippen molar-refractivity contribution in [1.29, 1.82) is 0 Å². The van der Waals surface area contributed by atoms with E-state index in [9.17, 15) is 14.4 Å². The van der Waals surface area contributed by atoms with Crippen LogP contribution in [0.25, 0.3) is 0 Å². The number of nitrogens with one attached hydrogen (secondary N) is 1. The van der Waals surface area contributed by atoms with Gasteiger partial charge in [-0.1, -0.05) is 62.5 Å². The Hall–Kier alpha value is -3.00. The van der Waals surface area contributed by atoms with E-state index in [1.807, 2.05) is 6.92 Å². The van der Waals surface area contributed by atoms with Crippen molar-refractivity contribution in [2.24, 2.45) is 10.8 Å². The van der Waals surface area contributed by atoms with Crippen molar-refractivity contribution < 1.29 is 23.9 Å². The summed E-state index contributed by atoms with van der Waals surface area (Å²) in [6, 6.07) is 8.30. The number of anilines is 1. The molecule has 0 radical (unpaired) electrons. The summed E-state index contributed by atoms with van der Waals surface area (Å²) in [5.74, 6) is -0.388. The van der Waals surface area contributed by atoms with Crippen molar-refractivity contribution >= 4 is 58.0 Å². The van der Waals surface area contributed by atoms with Crippen molar-refractivity contribution in [1.82, 2.24) is 4.90 Å². The largest absolute Gasteiger partial charge is 0.490 e. The van der Waals surface area contributed by atoms with Gasteiger partial charge in [0, 0.05) is 53.5 Å². The highest BCUT2D eigenvalue weighted by Crippen LogP contribution is 2.55. The van der Waals surface area contributed by atoms with Crippen molar-refractivity contribution in [3.05, 3.63) is 73.5 Å². The van der Waals surface area contributed by atoms with Crippen LogP contribution in [-0.4, -0.2) is 42.1 Å². The van der Waals surface area contributed by atoms with Gasteiger partial charge in [0.25, 0.3) is 5.91 Å². The van der Waals surface area contributed by atoms with Crippen LogP contribution in [0, 0.1) is 10.8 Å². The molecule has 0 unspecified atom stereocenters. The molecule has 0 spiro atoms. The maximum absolute atomic E-state index is 14.0. The van der Waals surface area contributed by atoms with Crippen LogP contribution in [-0.2, 0) is 14.4 Å². The zero-order chi connectivity index (χ0) is 32.8. The number of ketones is 2. The highest BCUT2D eigenvalue weighted by Gasteiger charge is 2.48. The quantitative estimate of drug-likeness (QED) is 0.302. The summed E-state index contributed by atoms with van der Waals surface area (Å²) in [4.78, 5) is 42.9. The number of amides is 1. The van der Waals surface area contributed by atoms with E-state index in [1.54, 1.807) is 30.3 Å². The molecule has 7 nitrogen and oxygen atoms in total. The first-order valence-corrected chi connectivity index (χ1v) is 16.4. The van der Waals surface area contributed by atoms with E-state index in [-0.39, 0.29) is 39.8 Å². The maximum Gasteiger partial charge on any atom is 0.262 e. The highest BCUT2D eigenvalue weighted by atomic mass is 35.5. The minimum Gasteiger partial charge on any atom is -0.490 e. The van der Waals surface area contributed by atoms with E-state index >= 15 is 0 Å². The Bertz CT molecular complexity index is 1590. The molecular formula is C35H39Cl3N2O5. The number of rotatable bonds is 8. The van der Waals surface area contributed by atoms with Crippen molar-refractivity contribution in [2.45, 2.75) is 73.1 Å². The molecule has 0 atom stereocenters. The number of ether oxygens (including phenoxy) is 2. The van der Waals surface area contributed by atoms with E-state index in [2.05, 4.69) is 44.8 Å². The van der Waals surface area contributed by atoms with Crippen LogP contribution in [0.1, 0.15) is 78.7 Å². The lowest BCUT2D eigenvalue weighted by atomic mass is 9.63. The van der Waals surface area contributed by atoms with Crippen LogP contribution in [0.2, 0.25) is 15.1 Å². The minimum absolute atomic E-state index is 0.0438. The van der Waals surface area contributed by atoms with Gasteiger partial charge in [-0.15, -0.1) is 0 Å². The third-order valence-electron chi connectivity index (χ3n) is 8.55. The summed E-state index contributed by atoms with van der Waals surface area (Å²) < 4.78 is 11.9. The van der Waals surface area contributed by atoms with Crippen LogP contribution in [0.3, 0.4) is 0 Å². The van der Waals surface area contributed by atoms with Gasteiger partial charge in [-0.25, -0.2) is 0 Å². The molecule has 10 heteroatoms. The number of carbonyl (C=O) groups is 3. The minimum atomic E-state index is -0.575. The second-order valence-electron chi connectivity index (χ2n) is 13.5. The van der Waals surface area contributed by atoms with Crippen LogP contribution in [0.5, 0.6) is 11.5 Å². The zero-order valence-corrected chi connectivity index (χ0v) is 28.8. The topological polar surface area (TPSA) is 84.9 Å². The van der Waals surface area contributed by atoms with E-state index in [1.165, 1.54) is 0 Å². The molecule has 2 aliphatic carbocycles. The predicted molar refractivity (Wildman–Crippen MR) is 178 cm³/mol. The molecule has 1 N–H and O–H groups in total. The molecule has 3 aliphatic rings. The molecule has 2 aromatic rings. The molecule has 0 fully saturated rings. The lowest BCUT2D eigenvalue weighted by Gasteiger charge is -2.49. The Morgan fingerprint density at radius 2 is 1.44 bits per heavy atom. The third kappa shape index (κ3) is 6.77. The predicted octanol–water partition coefficient (Wildman–Crippen LogP) is 8.77. The fourth-order valence-electron chi connectivity index (χ4n) is 6.83. The van der Waals surface area contributed by atoms with Crippen molar-refractivity contribution in [2.75, 3.05) is 25.1 Å². The summed E-state index contributed by atoms with van der Waals surface area (Å²) in [5.41, 5.74) is 4.05. The first-order valence-electron chi connectivity index (χ1n) is 15.3. The van der Waals surface area contributed by atoms with E-state index in [0.717, 1.165) is 24.2 Å². The molecule has 5 rings (SSSR count). The lowest BCUT2D eigenvalue weighted by Crippen LogP contribution is -2.44. The number of Topliss-reactive ketones (excluding diaryl/α,β-unsaturated/α-hetero) is 2. The van der Waals surface area contributed by atoms with Gasteiger partial charge < -0.3 is 19.7 Å². The van der Waals surface area contributed by atoms with Crippen LogP contribution in [0.4, 0.5) is 5.69 Å². The Balaban J connectivity index is 1.55. The third-order valence-corrected chi connectivity index (χ3v) is 9.57. The maximum atomic E-state index is 14.0. The fourth-order valence-corrected chi connectivity index (χ4v) is 7.40. The second kappa shape index (κ2) is 12.7. The molecule has 0 bridgehead atoms. The molecule has 45 heavy (non-hydrogen) atoms. The van der Waals surface area contributed by atoms with Gasteiger partial charge in [-0.3, -0.25) is 14.4 Å². The Labute approximate surface area is 279 Å². The molecule has 2 aromatic carbocycles. The van der Waals surface area contributed by atoms with Crippen LogP contribution < -0.4 is 14.8 Å². The monoisotopic (exact) mass is 672 g/mol. The fraction of sp³-hybridized carbons (Fsp3) is 0.457. The average molecular weight is 674 g/mol. The Kier molecular flexibility index (Phi) is 9.38. The molecule has 0 aromatic heterocycles. The number of nitrogens with zero attached hydrogens (tertiary/aromatic N) is 1. The molecule has 1 amide bonds. The standard InChI is InChI=1S/C35H39Cl3N2O5/c1-7-40-24-14-34(3,4)16-26(41)31(24)30(32-25(40)15-35(5,6)17-27(32)42)19-11-23(38)33(28(12-19)44-8-2)45-18-29(43)39-20-9-10-21(36)22(37)13-20/h9-13,30H,7-8,14-18H2,1-6H3,(H,39,43). The first kappa shape index (κ1) is 33.4. The number of carbonyl (C=O) groups excluding carboxylic acids is 3. The molecule has 0 saturated carbocycles. The van der Waals surface area contributed by atoms with Crippen LogP contribution >= 0.6 is 34.8 Å². The zero-order valence-electron chi connectivity index (χ0n) is 26.5. The number of allylic oxidation sites excluding steroid dienone is 4. The highest BCUT2D eigenvalue weighted by molar-refractivity contribution is 6.42. The summed E-state index contributed by atoms with van der Waals surface area (Å²) in [6.45, 7) is 13.0. The Morgan fingerprint density at radius 1 is 0.844 bits per heavy atom.